The van der Waals surface area contributed by atoms with Crippen LogP contribution in [0.5, 0.6) is 0 Å². The van der Waals surface area contributed by atoms with Gasteiger partial charge in [-0.25, -0.2) is 36.7 Å². The van der Waals surface area contributed by atoms with Crippen molar-refractivity contribution in [2.45, 2.75) is 37.2 Å². The van der Waals surface area contributed by atoms with Crippen molar-refractivity contribution in [3.05, 3.63) is 105 Å². The number of nitrogens with two attached hydrogens (primary N) is 2. The summed E-state index contributed by atoms with van der Waals surface area (Å²) in [5.41, 5.74) is 0.806. The minimum absolute atomic E-state index is 0. The summed E-state index contributed by atoms with van der Waals surface area (Å²) in [5.74, 6) is -1.95. The van der Waals surface area contributed by atoms with Crippen LogP contribution < -0.4 is 39.8 Å². The molecule has 0 aliphatic rings. The number of hydrogen-bond acceptors (Lipinski definition) is 14. The first-order valence-corrected chi connectivity index (χ1v) is 18.8. The number of fused-ring (bicyclic) bond motifs is 2. The number of carboxylic acids is 1. The standard InChI is InChI=1S/C17H14ClN5O4S.C15H10ClN5O4S.CH4.Na.H2O/c1-2-27-17(24)13-9-23(22-14(13)6-19)8-10-3-11-5-12(18)7-21-16(11)15(4-10)28(20,25)26;16-10-3-9-1-8(2-13(26(18,24)25)14(9)19-5-10)6-21-7-11(15(22)23)12(4-17)20-21;;;/h3-5,7,9H,2,8H2,1H3,(H2,20,25,26);1-3,5,7H,6H2,(H,22,23)(H2,18,24,25);1H4;;1H2/q;;;+1;/p-1. The number of benzene rings is 2. The summed E-state index contributed by atoms with van der Waals surface area (Å²) in [6.45, 7) is 1.91. The Morgan fingerprint density at radius 2 is 1.19 bits per heavy atom. The fourth-order valence-corrected chi connectivity index (χ4v) is 7.02. The van der Waals surface area contributed by atoms with Crippen molar-refractivity contribution in [1.82, 2.24) is 29.5 Å². The second-order valence-electron chi connectivity index (χ2n) is 11.2. The van der Waals surface area contributed by atoms with Gasteiger partial charge in [0.2, 0.25) is 20.0 Å². The van der Waals surface area contributed by atoms with Crippen LogP contribution >= 0.6 is 23.2 Å². The maximum atomic E-state index is 12.0. The van der Waals surface area contributed by atoms with Crippen LogP contribution in [0.4, 0.5) is 0 Å². The van der Waals surface area contributed by atoms with Gasteiger partial charge in [-0.3, -0.25) is 19.3 Å². The SMILES string of the molecule is C.CCOC(=O)c1cn(Cc2cc(S(N)(=O)=O)c3ncc(Cl)cc3c2)nc1C#N.N#Cc1nn(Cc2cc(S(N)(=O)=O)c3ncc(Cl)cc3c2)cc1C(=O)O.[Na+].[OH-]. The molecule has 4 aromatic heterocycles. The van der Waals surface area contributed by atoms with Crippen molar-refractivity contribution in [3.8, 4) is 12.1 Å². The number of nitriles is 2. The number of nitrogens with zero attached hydrogens (tertiary/aromatic N) is 8. The molecule has 0 fully saturated rings. The first-order valence-electron chi connectivity index (χ1n) is 15.0. The number of hydrogen-bond donors (Lipinski definition) is 3. The van der Waals surface area contributed by atoms with E-state index in [2.05, 4.69) is 20.2 Å². The smallest absolute Gasteiger partial charge is 0.870 e. The molecule has 6 rings (SSSR count). The van der Waals surface area contributed by atoms with Crippen LogP contribution in [0.15, 0.2) is 71.0 Å². The first-order chi connectivity index (χ1) is 25.4. The number of halogens is 2. The zero-order valence-electron chi connectivity index (χ0n) is 29.0. The van der Waals surface area contributed by atoms with Crippen LogP contribution in [0.3, 0.4) is 0 Å². The topological polar surface area (TPSA) is 323 Å². The number of carboxylic acid groups (broad SMARTS) is 1. The van der Waals surface area contributed by atoms with Crippen LogP contribution in [0.2, 0.25) is 10.0 Å². The molecule has 292 valence electrons. The molecule has 19 nitrogen and oxygen atoms in total. The number of primary sulfonamides is 2. The minimum atomic E-state index is -4.06. The molecule has 4 heterocycles. The zero-order valence-corrected chi connectivity index (χ0v) is 34.1. The van der Waals surface area contributed by atoms with Crippen LogP contribution in [0.1, 0.15) is 57.6 Å². The fourth-order valence-electron chi connectivity index (χ4n) is 5.17. The number of pyridine rings is 2. The van der Waals surface area contributed by atoms with E-state index in [0.29, 0.717) is 31.9 Å². The largest absolute Gasteiger partial charge is 1.00 e. The van der Waals surface area contributed by atoms with Crippen molar-refractivity contribution < 1.29 is 71.3 Å². The molecule has 0 bridgehead atoms. The van der Waals surface area contributed by atoms with Gasteiger partial charge in [0.15, 0.2) is 11.4 Å². The molecule has 0 radical (unpaired) electrons. The summed E-state index contributed by atoms with van der Waals surface area (Å²) < 4.78 is 55.2. The summed E-state index contributed by atoms with van der Waals surface area (Å²) in [7, 11) is -8.11. The van der Waals surface area contributed by atoms with Crippen LogP contribution in [0.25, 0.3) is 21.8 Å². The van der Waals surface area contributed by atoms with Gasteiger partial charge >= 0.3 is 41.5 Å². The molecule has 0 spiro atoms. The Labute approximate surface area is 357 Å². The van der Waals surface area contributed by atoms with E-state index in [-0.39, 0.29) is 105 Å². The molecular weight excluding hydrogens is 838 g/mol. The molecule has 0 aliphatic carbocycles. The van der Waals surface area contributed by atoms with Gasteiger partial charge in [0.25, 0.3) is 0 Å². The van der Waals surface area contributed by atoms with E-state index >= 15 is 0 Å². The molecule has 6 aromatic rings. The van der Waals surface area contributed by atoms with E-state index in [1.165, 1.54) is 52.4 Å². The molecule has 0 saturated heterocycles. The van der Waals surface area contributed by atoms with E-state index in [1.54, 1.807) is 31.2 Å². The van der Waals surface area contributed by atoms with Gasteiger partial charge in [-0.2, -0.15) is 20.7 Å². The normalized spacial score (nSPS) is 10.8. The van der Waals surface area contributed by atoms with E-state index in [4.69, 9.17) is 48.6 Å². The number of carbonyl (C=O) groups is 2. The summed E-state index contributed by atoms with van der Waals surface area (Å²) in [6.07, 6.45) is 5.20. The minimum Gasteiger partial charge on any atom is -0.870 e. The Bertz CT molecular complexity index is 2820. The van der Waals surface area contributed by atoms with Crippen molar-refractivity contribution >= 4 is 77.0 Å². The molecule has 57 heavy (non-hydrogen) atoms. The third-order valence-corrected chi connectivity index (χ3v) is 9.57. The molecule has 6 N–H and O–H groups in total. The van der Waals surface area contributed by atoms with E-state index in [1.807, 2.05) is 6.07 Å². The van der Waals surface area contributed by atoms with Crippen LogP contribution in [0, 0.1) is 22.7 Å². The van der Waals surface area contributed by atoms with Crippen molar-refractivity contribution in [1.29, 1.82) is 10.5 Å². The average molecular weight is 868 g/mol. The molecule has 24 heteroatoms. The maximum absolute atomic E-state index is 12.0. The summed E-state index contributed by atoms with van der Waals surface area (Å²) >= 11 is 11.9. The molecule has 0 saturated carbocycles. The van der Waals surface area contributed by atoms with Gasteiger partial charge in [-0.1, -0.05) is 30.6 Å². The number of esters is 1. The van der Waals surface area contributed by atoms with Crippen molar-refractivity contribution in [2.24, 2.45) is 10.3 Å². The number of aromatic nitrogens is 6. The summed E-state index contributed by atoms with van der Waals surface area (Å²) in [4.78, 5) is 30.8. The van der Waals surface area contributed by atoms with Gasteiger partial charge in [-0.05, 0) is 54.4 Å². The molecule has 0 amide bonds. The number of aromatic carboxylic acids is 1. The number of carbonyl (C=O) groups excluding carboxylic acids is 1. The Morgan fingerprint density at radius 1 is 0.789 bits per heavy atom. The zero-order chi connectivity index (χ0) is 39.5. The predicted octanol–water partition coefficient (Wildman–Crippen LogP) is 0.642. The monoisotopic (exact) mass is 866 g/mol. The Balaban J connectivity index is 0.000000375. The molecule has 0 unspecified atom stereocenters. The van der Waals surface area contributed by atoms with E-state index in [0.717, 1.165) is 0 Å². The number of rotatable bonds is 9. The number of sulfonamides is 2. The van der Waals surface area contributed by atoms with Gasteiger partial charge in [0.1, 0.15) is 33.1 Å². The Kier molecular flexibility index (Phi) is 16.4. The van der Waals surface area contributed by atoms with Gasteiger partial charge in [0, 0.05) is 35.6 Å². The van der Waals surface area contributed by atoms with Gasteiger partial charge < -0.3 is 15.3 Å². The predicted molar refractivity (Wildman–Crippen MR) is 200 cm³/mol. The molecular formula is C33H29Cl2N10NaO9S2. The van der Waals surface area contributed by atoms with Crippen molar-refractivity contribution in [3.63, 3.8) is 0 Å². The Hall–Kier alpha value is -5.04. The Morgan fingerprint density at radius 3 is 1.54 bits per heavy atom. The maximum Gasteiger partial charge on any atom is 1.00 e. The van der Waals surface area contributed by atoms with Crippen LogP contribution in [-0.2, 0) is 37.9 Å². The second-order valence-corrected chi connectivity index (χ2v) is 15.1. The molecule has 0 aliphatic heterocycles. The second kappa shape index (κ2) is 19.4. The quantitative estimate of drug-likeness (QED) is 0.133. The molecule has 2 aromatic carbocycles. The van der Waals surface area contributed by atoms with E-state index < -0.39 is 32.0 Å². The third kappa shape index (κ3) is 11.3. The van der Waals surface area contributed by atoms with E-state index in [9.17, 15) is 31.7 Å². The van der Waals surface area contributed by atoms with Crippen LogP contribution in [-0.4, -0.2) is 75.5 Å². The number of ether oxygens (including phenoxy) is 1. The van der Waals surface area contributed by atoms with Gasteiger partial charge in [0.05, 0.1) is 40.8 Å². The third-order valence-electron chi connectivity index (χ3n) is 7.31. The molecule has 0 atom stereocenters. The summed E-state index contributed by atoms with van der Waals surface area (Å²) in [6, 6.07) is 12.7. The van der Waals surface area contributed by atoms with Crippen molar-refractivity contribution in [2.75, 3.05) is 6.61 Å². The summed E-state index contributed by atoms with van der Waals surface area (Å²) in [5, 5.41) is 47.3. The average Bonchev–Trinajstić information content (AvgIpc) is 3.70. The van der Waals surface area contributed by atoms with Gasteiger partial charge in [-0.15, -0.1) is 0 Å². The fraction of sp³-hybridized carbons (Fsp3) is 0.152. The first kappa shape index (κ1) is 48.1.